The van der Waals surface area contributed by atoms with Crippen LogP contribution in [0.1, 0.15) is 25.1 Å². The molecule has 1 aromatic heterocycles. The molecular weight excluding hydrogens is 259 g/mol. The highest BCUT2D eigenvalue weighted by atomic mass is 19.1. The highest BCUT2D eigenvalue weighted by Crippen LogP contribution is 2.18. The second-order valence-corrected chi connectivity index (χ2v) is 4.70. The van der Waals surface area contributed by atoms with Crippen molar-refractivity contribution < 1.29 is 9.13 Å². The largest absolute Gasteiger partial charge is 0.475 e. The zero-order valence-electron chi connectivity index (χ0n) is 11.4. The number of benzene rings is 1. The summed E-state index contributed by atoms with van der Waals surface area (Å²) in [5.41, 5.74) is 6.24. The second-order valence-electron chi connectivity index (χ2n) is 4.70. The minimum atomic E-state index is -0.303. The van der Waals surface area contributed by atoms with Crippen LogP contribution in [-0.4, -0.2) is 21.7 Å². The Bertz CT molecular complexity index is 621. The zero-order valence-corrected chi connectivity index (χ0v) is 11.4. The van der Waals surface area contributed by atoms with Crippen molar-refractivity contribution in [2.45, 2.75) is 26.5 Å². The average molecular weight is 276 g/mol. The standard InChI is InChI=1S/C14H17FN4O/c1-9(2)20-13-7-12(14(16)17)18-19(13)8-10-5-3-4-6-11(10)15/h3-7,9H,8H2,1-2H3,(H3,16,17). The summed E-state index contributed by atoms with van der Waals surface area (Å²) in [6.07, 6.45) is -0.0501. The molecule has 0 unspecified atom stereocenters. The number of nitrogens with two attached hydrogens (primary N) is 1. The van der Waals surface area contributed by atoms with Crippen molar-refractivity contribution >= 4 is 5.84 Å². The molecule has 3 N–H and O–H groups in total. The summed E-state index contributed by atoms with van der Waals surface area (Å²) in [6, 6.07) is 8.06. The van der Waals surface area contributed by atoms with E-state index in [1.54, 1.807) is 24.3 Å². The molecule has 0 fully saturated rings. The van der Waals surface area contributed by atoms with E-state index in [1.807, 2.05) is 13.8 Å². The van der Waals surface area contributed by atoms with Crippen LogP contribution in [0.15, 0.2) is 30.3 Å². The van der Waals surface area contributed by atoms with E-state index in [2.05, 4.69) is 5.10 Å². The molecular formula is C14H17FN4O. The highest BCUT2D eigenvalue weighted by Gasteiger charge is 2.14. The van der Waals surface area contributed by atoms with Gasteiger partial charge in [-0.3, -0.25) is 5.41 Å². The molecule has 0 spiro atoms. The van der Waals surface area contributed by atoms with Crippen molar-refractivity contribution in [1.29, 1.82) is 5.41 Å². The SMILES string of the molecule is CC(C)Oc1cc(C(=N)N)nn1Cc1ccccc1F. The Balaban J connectivity index is 2.34. The maximum Gasteiger partial charge on any atom is 0.213 e. The lowest BCUT2D eigenvalue weighted by Gasteiger charge is -2.12. The highest BCUT2D eigenvalue weighted by molar-refractivity contribution is 5.93. The molecule has 20 heavy (non-hydrogen) atoms. The van der Waals surface area contributed by atoms with Crippen LogP contribution in [0.3, 0.4) is 0 Å². The van der Waals surface area contributed by atoms with Gasteiger partial charge in [0.2, 0.25) is 5.88 Å². The first-order valence-electron chi connectivity index (χ1n) is 6.29. The van der Waals surface area contributed by atoms with Crippen LogP contribution in [0.25, 0.3) is 0 Å². The van der Waals surface area contributed by atoms with E-state index in [0.717, 1.165) is 0 Å². The van der Waals surface area contributed by atoms with Crippen LogP contribution < -0.4 is 10.5 Å². The third-order valence-corrected chi connectivity index (χ3v) is 2.65. The Morgan fingerprint density at radius 1 is 1.45 bits per heavy atom. The number of aromatic nitrogens is 2. The van der Waals surface area contributed by atoms with Gasteiger partial charge in [0, 0.05) is 11.6 Å². The number of nitrogen functional groups attached to an aromatic ring is 1. The predicted molar refractivity (Wildman–Crippen MR) is 74.5 cm³/mol. The fourth-order valence-electron chi connectivity index (χ4n) is 1.77. The molecule has 2 rings (SSSR count). The molecule has 2 aromatic rings. The Hall–Kier alpha value is -2.37. The lowest BCUT2D eigenvalue weighted by Crippen LogP contribution is -2.14. The Morgan fingerprint density at radius 3 is 2.75 bits per heavy atom. The molecule has 106 valence electrons. The van der Waals surface area contributed by atoms with Crippen LogP contribution in [-0.2, 0) is 6.54 Å². The summed E-state index contributed by atoms with van der Waals surface area (Å²) in [4.78, 5) is 0. The number of amidine groups is 1. The number of hydrogen-bond acceptors (Lipinski definition) is 3. The molecule has 0 aliphatic carbocycles. The first-order chi connectivity index (χ1) is 9.47. The van der Waals surface area contributed by atoms with Crippen LogP contribution in [0, 0.1) is 11.2 Å². The van der Waals surface area contributed by atoms with Crippen molar-refractivity contribution in [1.82, 2.24) is 9.78 Å². The third-order valence-electron chi connectivity index (χ3n) is 2.65. The van der Waals surface area contributed by atoms with Gasteiger partial charge in [-0.05, 0) is 19.9 Å². The maximum absolute atomic E-state index is 13.7. The zero-order chi connectivity index (χ0) is 14.7. The summed E-state index contributed by atoms with van der Waals surface area (Å²) in [5.74, 6) is 0.0159. The van der Waals surface area contributed by atoms with Gasteiger partial charge >= 0.3 is 0 Å². The first kappa shape index (κ1) is 14.0. The van der Waals surface area contributed by atoms with E-state index in [4.69, 9.17) is 15.9 Å². The maximum atomic E-state index is 13.7. The van der Waals surface area contributed by atoms with Crippen molar-refractivity contribution in [3.63, 3.8) is 0 Å². The van der Waals surface area contributed by atoms with Crippen LogP contribution in [0.4, 0.5) is 4.39 Å². The molecule has 1 aromatic carbocycles. The smallest absolute Gasteiger partial charge is 0.213 e. The van der Waals surface area contributed by atoms with Crippen molar-refractivity contribution in [3.8, 4) is 5.88 Å². The van der Waals surface area contributed by atoms with E-state index >= 15 is 0 Å². The summed E-state index contributed by atoms with van der Waals surface area (Å²) in [6.45, 7) is 3.99. The van der Waals surface area contributed by atoms with Crippen molar-refractivity contribution in [3.05, 3.63) is 47.4 Å². The van der Waals surface area contributed by atoms with Gasteiger partial charge in [0.1, 0.15) is 17.3 Å². The molecule has 0 radical (unpaired) electrons. The minimum Gasteiger partial charge on any atom is -0.475 e. The van der Waals surface area contributed by atoms with Crippen LogP contribution in [0.5, 0.6) is 5.88 Å². The van der Waals surface area contributed by atoms with Gasteiger partial charge < -0.3 is 10.5 Å². The van der Waals surface area contributed by atoms with Gasteiger partial charge in [-0.1, -0.05) is 18.2 Å². The van der Waals surface area contributed by atoms with Crippen LogP contribution in [0.2, 0.25) is 0 Å². The number of nitrogens with zero attached hydrogens (tertiary/aromatic N) is 2. The lowest BCUT2D eigenvalue weighted by atomic mass is 10.2. The van der Waals surface area contributed by atoms with Gasteiger partial charge in [-0.2, -0.15) is 5.10 Å². The van der Waals surface area contributed by atoms with Crippen molar-refractivity contribution in [2.24, 2.45) is 5.73 Å². The fourth-order valence-corrected chi connectivity index (χ4v) is 1.77. The Morgan fingerprint density at radius 2 is 2.15 bits per heavy atom. The first-order valence-corrected chi connectivity index (χ1v) is 6.29. The normalized spacial score (nSPS) is 10.8. The summed E-state index contributed by atoms with van der Waals surface area (Å²) in [7, 11) is 0. The van der Waals surface area contributed by atoms with Gasteiger partial charge in [-0.15, -0.1) is 0 Å². The van der Waals surface area contributed by atoms with Gasteiger partial charge in [0.15, 0.2) is 0 Å². The molecule has 5 nitrogen and oxygen atoms in total. The quantitative estimate of drug-likeness (QED) is 0.649. The van der Waals surface area contributed by atoms with E-state index in [-0.39, 0.29) is 24.3 Å². The van der Waals surface area contributed by atoms with E-state index in [1.165, 1.54) is 10.7 Å². The molecule has 1 heterocycles. The van der Waals surface area contributed by atoms with Gasteiger partial charge in [0.25, 0.3) is 0 Å². The van der Waals surface area contributed by atoms with E-state index < -0.39 is 0 Å². The number of rotatable bonds is 5. The van der Waals surface area contributed by atoms with Gasteiger partial charge in [0.05, 0.1) is 12.6 Å². The number of halogens is 1. The van der Waals surface area contributed by atoms with Crippen molar-refractivity contribution in [2.75, 3.05) is 0 Å². The second kappa shape index (κ2) is 5.73. The summed E-state index contributed by atoms with van der Waals surface area (Å²) >= 11 is 0. The Labute approximate surface area is 116 Å². The summed E-state index contributed by atoms with van der Waals surface area (Å²) < 4.78 is 20.8. The average Bonchev–Trinajstić information content (AvgIpc) is 2.75. The fraction of sp³-hybridized carbons (Fsp3) is 0.286. The monoisotopic (exact) mass is 276 g/mol. The number of nitrogens with one attached hydrogen (secondary N) is 1. The van der Waals surface area contributed by atoms with Gasteiger partial charge in [-0.25, -0.2) is 9.07 Å². The molecule has 0 aliphatic rings. The summed E-state index contributed by atoms with van der Waals surface area (Å²) in [5, 5.41) is 11.6. The molecule has 0 saturated heterocycles. The topological polar surface area (TPSA) is 76.9 Å². The predicted octanol–water partition coefficient (Wildman–Crippen LogP) is 2.14. The van der Waals surface area contributed by atoms with E-state index in [0.29, 0.717) is 17.1 Å². The van der Waals surface area contributed by atoms with Crippen LogP contribution >= 0.6 is 0 Å². The molecule has 0 atom stereocenters. The number of ether oxygens (including phenoxy) is 1. The lowest BCUT2D eigenvalue weighted by molar-refractivity contribution is 0.219. The molecule has 0 amide bonds. The molecule has 0 aliphatic heterocycles. The molecule has 6 heteroatoms. The number of hydrogen-bond donors (Lipinski definition) is 2. The molecule has 0 bridgehead atoms. The Kier molecular flexibility index (Phi) is 4.02. The molecule has 0 saturated carbocycles. The minimum absolute atomic E-state index is 0.0501. The third kappa shape index (κ3) is 3.14. The van der Waals surface area contributed by atoms with E-state index in [9.17, 15) is 4.39 Å².